The van der Waals surface area contributed by atoms with E-state index in [0.29, 0.717) is 0 Å². The lowest BCUT2D eigenvalue weighted by atomic mass is 10.0. The third-order valence-electron chi connectivity index (χ3n) is 3.00. The zero-order valence-corrected chi connectivity index (χ0v) is 11.2. The molecule has 2 aromatic rings. The Labute approximate surface area is 109 Å². The molecule has 0 aliphatic carbocycles. The standard InChI is InChI=1S/C16H21NO/c1-3-11-18-16-10-9-13(12-17-4-2)14-7-5-6-8-15(14)16/h5-10,17H,3-4,11-12H2,1-2H3. The molecule has 0 radical (unpaired) electrons. The molecule has 0 spiro atoms. The Morgan fingerprint density at radius 2 is 1.78 bits per heavy atom. The molecule has 0 saturated carbocycles. The number of benzene rings is 2. The Hall–Kier alpha value is -1.54. The molecule has 0 unspecified atom stereocenters. The normalized spacial score (nSPS) is 10.8. The summed E-state index contributed by atoms with van der Waals surface area (Å²) in [5, 5.41) is 5.87. The fourth-order valence-corrected chi connectivity index (χ4v) is 2.09. The molecule has 0 aliphatic heterocycles. The monoisotopic (exact) mass is 243 g/mol. The molecule has 1 N–H and O–H groups in total. The van der Waals surface area contributed by atoms with Gasteiger partial charge in [-0.15, -0.1) is 0 Å². The second-order valence-electron chi connectivity index (χ2n) is 4.40. The maximum absolute atomic E-state index is 5.81. The van der Waals surface area contributed by atoms with Crippen LogP contribution in [-0.4, -0.2) is 13.2 Å². The van der Waals surface area contributed by atoms with Crippen molar-refractivity contribution in [3.63, 3.8) is 0 Å². The second kappa shape index (κ2) is 6.41. The van der Waals surface area contributed by atoms with Gasteiger partial charge in [-0.3, -0.25) is 0 Å². The smallest absolute Gasteiger partial charge is 0.127 e. The van der Waals surface area contributed by atoms with Crippen molar-refractivity contribution in [1.29, 1.82) is 0 Å². The van der Waals surface area contributed by atoms with E-state index in [4.69, 9.17) is 4.74 Å². The van der Waals surface area contributed by atoms with Gasteiger partial charge >= 0.3 is 0 Å². The van der Waals surface area contributed by atoms with E-state index in [1.807, 2.05) is 0 Å². The highest BCUT2D eigenvalue weighted by atomic mass is 16.5. The maximum atomic E-state index is 5.81. The van der Waals surface area contributed by atoms with E-state index in [9.17, 15) is 0 Å². The van der Waals surface area contributed by atoms with Gasteiger partial charge in [-0.25, -0.2) is 0 Å². The van der Waals surface area contributed by atoms with E-state index in [1.165, 1.54) is 16.3 Å². The molecule has 0 amide bonds. The van der Waals surface area contributed by atoms with Gasteiger partial charge in [0, 0.05) is 11.9 Å². The summed E-state index contributed by atoms with van der Waals surface area (Å²) in [6.45, 7) is 6.92. The minimum absolute atomic E-state index is 0.774. The van der Waals surface area contributed by atoms with Gasteiger partial charge in [0.1, 0.15) is 5.75 Å². The lowest BCUT2D eigenvalue weighted by Gasteiger charge is -2.12. The first-order valence-corrected chi connectivity index (χ1v) is 6.71. The van der Waals surface area contributed by atoms with E-state index < -0.39 is 0 Å². The Kier molecular flexibility index (Phi) is 4.59. The first-order valence-electron chi connectivity index (χ1n) is 6.71. The molecule has 0 atom stereocenters. The molecule has 0 aromatic heterocycles. The number of fused-ring (bicyclic) bond motifs is 1. The lowest BCUT2D eigenvalue weighted by molar-refractivity contribution is 0.321. The summed E-state index contributed by atoms with van der Waals surface area (Å²) in [7, 11) is 0. The molecule has 0 heterocycles. The average Bonchev–Trinajstić information content (AvgIpc) is 2.43. The van der Waals surface area contributed by atoms with Gasteiger partial charge in [0.05, 0.1) is 6.61 Å². The third kappa shape index (κ3) is 2.82. The maximum Gasteiger partial charge on any atom is 0.127 e. The first kappa shape index (κ1) is 12.9. The van der Waals surface area contributed by atoms with Gasteiger partial charge in [0.25, 0.3) is 0 Å². The van der Waals surface area contributed by atoms with Crippen molar-refractivity contribution < 1.29 is 4.74 Å². The van der Waals surface area contributed by atoms with E-state index in [1.54, 1.807) is 0 Å². The minimum Gasteiger partial charge on any atom is -0.493 e. The summed E-state index contributed by atoms with van der Waals surface area (Å²) < 4.78 is 5.81. The summed E-state index contributed by atoms with van der Waals surface area (Å²) in [5.41, 5.74) is 1.33. The minimum atomic E-state index is 0.774. The van der Waals surface area contributed by atoms with Crippen molar-refractivity contribution in [2.75, 3.05) is 13.2 Å². The number of ether oxygens (including phenoxy) is 1. The Balaban J connectivity index is 2.38. The van der Waals surface area contributed by atoms with Crippen LogP contribution < -0.4 is 10.1 Å². The lowest BCUT2D eigenvalue weighted by Crippen LogP contribution is -2.12. The first-order chi connectivity index (χ1) is 8.86. The highest BCUT2D eigenvalue weighted by molar-refractivity contribution is 5.91. The molecule has 2 aromatic carbocycles. The zero-order chi connectivity index (χ0) is 12.8. The fourth-order valence-electron chi connectivity index (χ4n) is 2.09. The third-order valence-corrected chi connectivity index (χ3v) is 3.00. The molecule has 2 heteroatoms. The molecule has 0 saturated heterocycles. The molecule has 18 heavy (non-hydrogen) atoms. The van der Waals surface area contributed by atoms with Crippen LogP contribution in [0.5, 0.6) is 5.75 Å². The molecule has 2 nitrogen and oxygen atoms in total. The number of nitrogens with one attached hydrogen (secondary N) is 1. The molecule has 0 fully saturated rings. The van der Waals surface area contributed by atoms with Crippen LogP contribution >= 0.6 is 0 Å². The predicted molar refractivity (Wildman–Crippen MR) is 77.1 cm³/mol. The van der Waals surface area contributed by atoms with Gasteiger partial charge < -0.3 is 10.1 Å². The van der Waals surface area contributed by atoms with Crippen molar-refractivity contribution in [3.8, 4) is 5.75 Å². The van der Waals surface area contributed by atoms with Crippen molar-refractivity contribution in [3.05, 3.63) is 42.0 Å². The van der Waals surface area contributed by atoms with Crippen LogP contribution in [0.3, 0.4) is 0 Å². The van der Waals surface area contributed by atoms with E-state index in [-0.39, 0.29) is 0 Å². The second-order valence-corrected chi connectivity index (χ2v) is 4.40. The highest BCUT2D eigenvalue weighted by Crippen LogP contribution is 2.28. The Morgan fingerprint density at radius 1 is 1.00 bits per heavy atom. The summed E-state index contributed by atoms with van der Waals surface area (Å²) in [5.74, 6) is 0.993. The SMILES string of the molecule is CCCOc1ccc(CNCC)c2ccccc12. The molecular weight excluding hydrogens is 222 g/mol. The fraction of sp³-hybridized carbons (Fsp3) is 0.375. The molecular formula is C16H21NO. The average molecular weight is 243 g/mol. The largest absolute Gasteiger partial charge is 0.493 e. The predicted octanol–water partition coefficient (Wildman–Crippen LogP) is 3.74. The molecule has 0 aliphatic rings. The summed E-state index contributed by atoms with van der Waals surface area (Å²) in [4.78, 5) is 0. The van der Waals surface area contributed by atoms with Crippen LogP contribution in [0, 0.1) is 0 Å². The van der Waals surface area contributed by atoms with Crippen LogP contribution in [0.15, 0.2) is 36.4 Å². The van der Waals surface area contributed by atoms with E-state index in [0.717, 1.165) is 31.9 Å². The van der Waals surface area contributed by atoms with Crippen molar-refractivity contribution >= 4 is 10.8 Å². The highest BCUT2D eigenvalue weighted by Gasteiger charge is 2.05. The Morgan fingerprint density at radius 3 is 2.50 bits per heavy atom. The van der Waals surface area contributed by atoms with Crippen molar-refractivity contribution in [2.24, 2.45) is 0 Å². The van der Waals surface area contributed by atoms with Crippen molar-refractivity contribution in [1.82, 2.24) is 5.32 Å². The Bertz CT molecular complexity index is 461. The summed E-state index contributed by atoms with van der Waals surface area (Å²) in [6, 6.07) is 12.7. The van der Waals surface area contributed by atoms with E-state index in [2.05, 4.69) is 55.6 Å². The van der Waals surface area contributed by atoms with Gasteiger partial charge in [-0.2, -0.15) is 0 Å². The number of rotatable bonds is 6. The van der Waals surface area contributed by atoms with Crippen LogP contribution in [0.4, 0.5) is 0 Å². The van der Waals surface area contributed by atoms with Crippen LogP contribution in [0.1, 0.15) is 25.8 Å². The van der Waals surface area contributed by atoms with Gasteiger partial charge in [-0.1, -0.05) is 44.2 Å². The van der Waals surface area contributed by atoms with Gasteiger partial charge in [0.2, 0.25) is 0 Å². The molecule has 96 valence electrons. The summed E-state index contributed by atoms with van der Waals surface area (Å²) >= 11 is 0. The molecule has 2 rings (SSSR count). The number of hydrogen-bond donors (Lipinski definition) is 1. The zero-order valence-electron chi connectivity index (χ0n) is 11.2. The topological polar surface area (TPSA) is 21.3 Å². The van der Waals surface area contributed by atoms with E-state index >= 15 is 0 Å². The van der Waals surface area contributed by atoms with Gasteiger partial charge in [0.15, 0.2) is 0 Å². The quantitative estimate of drug-likeness (QED) is 0.834. The summed E-state index contributed by atoms with van der Waals surface area (Å²) in [6.07, 6.45) is 1.04. The van der Waals surface area contributed by atoms with Crippen LogP contribution in [-0.2, 0) is 6.54 Å². The van der Waals surface area contributed by atoms with Gasteiger partial charge in [-0.05, 0) is 30.0 Å². The molecule has 0 bridgehead atoms. The number of hydrogen-bond acceptors (Lipinski definition) is 2. The van der Waals surface area contributed by atoms with Crippen LogP contribution in [0.25, 0.3) is 10.8 Å². The van der Waals surface area contributed by atoms with Crippen molar-refractivity contribution in [2.45, 2.75) is 26.8 Å². The van der Waals surface area contributed by atoms with Crippen LogP contribution in [0.2, 0.25) is 0 Å².